The highest BCUT2D eigenvalue weighted by molar-refractivity contribution is 8.15. The highest BCUT2D eigenvalue weighted by atomic mass is 32.2. The Morgan fingerprint density at radius 2 is 1.71 bits per heavy atom. The van der Waals surface area contributed by atoms with Crippen molar-refractivity contribution in [2.75, 3.05) is 18.5 Å². The second kappa shape index (κ2) is 11.5. The van der Waals surface area contributed by atoms with Gasteiger partial charge in [-0.1, -0.05) is 60.3 Å². The van der Waals surface area contributed by atoms with Crippen LogP contribution in [0, 0.1) is 0 Å². The van der Waals surface area contributed by atoms with Gasteiger partial charge in [-0.25, -0.2) is 4.99 Å². The fourth-order valence-electron chi connectivity index (χ4n) is 3.58. The van der Waals surface area contributed by atoms with Gasteiger partial charge in [0.2, 0.25) is 11.8 Å². The summed E-state index contributed by atoms with van der Waals surface area (Å²) >= 11 is 1.33. The molecule has 0 saturated carbocycles. The molecular weight excluding hydrogens is 446 g/mol. The van der Waals surface area contributed by atoms with E-state index < -0.39 is 5.25 Å². The molecule has 1 fully saturated rings. The quantitative estimate of drug-likeness (QED) is 0.483. The first-order chi connectivity index (χ1) is 16.6. The SMILES string of the molecule is CCOc1ccc(NC(=O)[C@H]2CC(=O)N(CCc3ccccc3)C(=Nc3ccccc3)S2)cc1. The van der Waals surface area contributed by atoms with E-state index in [1.54, 1.807) is 17.0 Å². The van der Waals surface area contributed by atoms with Gasteiger partial charge in [-0.3, -0.25) is 14.5 Å². The Bertz CT molecular complexity index is 1130. The lowest BCUT2D eigenvalue weighted by Gasteiger charge is -2.32. The Hall–Kier alpha value is -3.58. The van der Waals surface area contributed by atoms with E-state index in [0.717, 1.165) is 17.0 Å². The second-order valence-electron chi connectivity index (χ2n) is 7.77. The number of aliphatic imine (C=N–C) groups is 1. The number of benzene rings is 3. The average molecular weight is 474 g/mol. The highest BCUT2D eigenvalue weighted by Gasteiger charge is 2.35. The van der Waals surface area contributed by atoms with Crippen LogP contribution in [0.2, 0.25) is 0 Å². The number of amides is 2. The zero-order valence-corrected chi connectivity index (χ0v) is 19.8. The van der Waals surface area contributed by atoms with Gasteiger partial charge in [0.05, 0.1) is 12.3 Å². The zero-order valence-electron chi connectivity index (χ0n) is 19.0. The first kappa shape index (κ1) is 23.6. The van der Waals surface area contributed by atoms with E-state index >= 15 is 0 Å². The lowest BCUT2D eigenvalue weighted by atomic mass is 10.1. The van der Waals surface area contributed by atoms with E-state index in [9.17, 15) is 9.59 Å². The van der Waals surface area contributed by atoms with Crippen molar-refractivity contribution in [1.29, 1.82) is 0 Å². The van der Waals surface area contributed by atoms with Crippen molar-refractivity contribution in [3.8, 4) is 5.75 Å². The number of ether oxygens (including phenoxy) is 1. The van der Waals surface area contributed by atoms with Gasteiger partial charge in [0.1, 0.15) is 11.0 Å². The average Bonchev–Trinajstić information content (AvgIpc) is 2.86. The smallest absolute Gasteiger partial charge is 0.238 e. The van der Waals surface area contributed by atoms with Crippen molar-refractivity contribution in [3.05, 3.63) is 90.5 Å². The molecule has 0 aromatic heterocycles. The molecule has 1 atom stereocenters. The van der Waals surface area contributed by atoms with Crippen molar-refractivity contribution < 1.29 is 14.3 Å². The lowest BCUT2D eigenvalue weighted by molar-refractivity contribution is -0.129. The van der Waals surface area contributed by atoms with Crippen molar-refractivity contribution >= 4 is 40.1 Å². The summed E-state index contributed by atoms with van der Waals surface area (Å²) in [4.78, 5) is 32.6. The molecule has 1 aliphatic rings. The molecule has 1 aliphatic heterocycles. The number of para-hydroxylation sites is 1. The largest absolute Gasteiger partial charge is 0.494 e. The minimum Gasteiger partial charge on any atom is -0.494 e. The monoisotopic (exact) mass is 473 g/mol. The van der Waals surface area contributed by atoms with Crippen LogP contribution in [0.4, 0.5) is 11.4 Å². The molecule has 34 heavy (non-hydrogen) atoms. The number of hydrogen-bond acceptors (Lipinski definition) is 5. The van der Waals surface area contributed by atoms with Crippen molar-refractivity contribution in [3.63, 3.8) is 0 Å². The van der Waals surface area contributed by atoms with Crippen LogP contribution in [-0.4, -0.2) is 40.3 Å². The summed E-state index contributed by atoms with van der Waals surface area (Å²) < 4.78 is 5.45. The fraction of sp³-hybridized carbons (Fsp3) is 0.222. The van der Waals surface area contributed by atoms with Crippen LogP contribution in [0.15, 0.2) is 89.9 Å². The second-order valence-corrected chi connectivity index (χ2v) is 8.94. The van der Waals surface area contributed by atoms with Crippen LogP contribution in [0.1, 0.15) is 18.9 Å². The zero-order chi connectivity index (χ0) is 23.8. The van der Waals surface area contributed by atoms with Gasteiger partial charge in [0.25, 0.3) is 0 Å². The molecule has 7 heteroatoms. The maximum Gasteiger partial charge on any atom is 0.238 e. The number of nitrogens with zero attached hydrogens (tertiary/aromatic N) is 2. The predicted molar refractivity (Wildman–Crippen MR) is 138 cm³/mol. The van der Waals surface area contributed by atoms with Crippen molar-refractivity contribution in [1.82, 2.24) is 4.90 Å². The predicted octanol–water partition coefficient (Wildman–Crippen LogP) is 5.29. The number of carbonyl (C=O) groups is 2. The number of anilines is 1. The van der Waals surface area contributed by atoms with Crippen LogP contribution in [0.3, 0.4) is 0 Å². The summed E-state index contributed by atoms with van der Waals surface area (Å²) in [5, 5.41) is 2.90. The molecule has 1 saturated heterocycles. The third kappa shape index (κ3) is 6.26. The first-order valence-electron chi connectivity index (χ1n) is 11.3. The summed E-state index contributed by atoms with van der Waals surface area (Å²) in [6.07, 6.45) is 0.833. The third-order valence-electron chi connectivity index (χ3n) is 5.31. The number of thioether (sulfide) groups is 1. The molecular formula is C27H27N3O3S. The van der Waals surface area contributed by atoms with Crippen molar-refractivity contribution in [2.24, 2.45) is 4.99 Å². The Kier molecular flexibility index (Phi) is 7.99. The van der Waals surface area contributed by atoms with Crippen molar-refractivity contribution in [2.45, 2.75) is 25.0 Å². The topological polar surface area (TPSA) is 71.0 Å². The van der Waals surface area contributed by atoms with E-state index in [2.05, 4.69) is 5.32 Å². The van der Waals surface area contributed by atoms with Crippen LogP contribution >= 0.6 is 11.8 Å². The molecule has 6 nitrogen and oxygen atoms in total. The molecule has 3 aromatic carbocycles. The molecule has 0 aliphatic carbocycles. The van der Waals surface area contributed by atoms with Crippen LogP contribution in [0.5, 0.6) is 5.75 Å². The summed E-state index contributed by atoms with van der Waals surface area (Å²) in [6.45, 7) is 3.01. The highest BCUT2D eigenvalue weighted by Crippen LogP contribution is 2.30. The van der Waals surface area contributed by atoms with Crippen LogP contribution in [-0.2, 0) is 16.0 Å². The normalized spacial score (nSPS) is 17.0. The number of hydrogen-bond donors (Lipinski definition) is 1. The Labute approximate surface area is 204 Å². The van der Waals surface area contributed by atoms with E-state index in [-0.39, 0.29) is 18.2 Å². The Morgan fingerprint density at radius 3 is 2.38 bits per heavy atom. The van der Waals surface area contributed by atoms with Gasteiger partial charge in [-0.2, -0.15) is 0 Å². The van der Waals surface area contributed by atoms with Gasteiger partial charge in [-0.15, -0.1) is 0 Å². The minimum atomic E-state index is -0.561. The molecule has 3 aromatic rings. The number of nitrogens with one attached hydrogen (secondary N) is 1. The fourth-order valence-corrected chi connectivity index (χ4v) is 4.71. The molecule has 0 spiro atoms. The Balaban J connectivity index is 1.50. The Morgan fingerprint density at radius 1 is 1.03 bits per heavy atom. The van der Waals surface area contributed by atoms with Gasteiger partial charge in [-0.05, 0) is 55.3 Å². The van der Waals surface area contributed by atoms with Gasteiger partial charge in [0.15, 0.2) is 5.17 Å². The van der Waals surface area contributed by atoms with Crippen LogP contribution in [0.25, 0.3) is 0 Å². The van der Waals surface area contributed by atoms with E-state index in [1.165, 1.54) is 11.8 Å². The van der Waals surface area contributed by atoms with E-state index in [0.29, 0.717) is 30.4 Å². The van der Waals surface area contributed by atoms with Gasteiger partial charge < -0.3 is 10.1 Å². The standard InChI is InChI=1S/C27H27N3O3S/c1-2-33-23-15-13-22(14-16-23)28-26(32)24-19-25(31)30(18-17-20-9-5-3-6-10-20)27(34-24)29-21-11-7-4-8-12-21/h3-16,24H,2,17-19H2,1H3,(H,28,32)/t24-/m1/s1. The lowest BCUT2D eigenvalue weighted by Crippen LogP contribution is -2.46. The molecule has 1 heterocycles. The van der Waals surface area contributed by atoms with Gasteiger partial charge >= 0.3 is 0 Å². The molecule has 0 bridgehead atoms. The summed E-state index contributed by atoms with van der Waals surface area (Å²) in [5.41, 5.74) is 2.55. The minimum absolute atomic E-state index is 0.101. The molecule has 2 amide bonds. The molecule has 0 radical (unpaired) electrons. The summed E-state index contributed by atoms with van der Waals surface area (Å²) in [7, 11) is 0. The van der Waals surface area contributed by atoms with Gasteiger partial charge in [0, 0.05) is 18.7 Å². The summed E-state index contributed by atoms with van der Waals surface area (Å²) in [6, 6.07) is 26.7. The van der Waals surface area contributed by atoms with E-state index in [1.807, 2.05) is 79.7 Å². The third-order valence-corrected chi connectivity index (χ3v) is 6.50. The molecule has 0 unspecified atom stereocenters. The molecule has 174 valence electrons. The number of carbonyl (C=O) groups excluding carboxylic acids is 2. The number of amidine groups is 1. The number of rotatable bonds is 8. The van der Waals surface area contributed by atoms with Crippen LogP contribution < -0.4 is 10.1 Å². The summed E-state index contributed by atoms with van der Waals surface area (Å²) in [5.74, 6) is 0.427. The van der Waals surface area contributed by atoms with E-state index in [4.69, 9.17) is 9.73 Å². The molecule has 1 N–H and O–H groups in total. The maximum absolute atomic E-state index is 13.1. The molecule has 4 rings (SSSR count). The maximum atomic E-state index is 13.1. The first-order valence-corrected chi connectivity index (χ1v) is 12.2.